The molecule has 2 amide bonds. The number of carbonyl (C=O) groups is 2. The number of nitrogens with zero attached hydrogens (tertiary/aromatic N) is 1. The Balaban J connectivity index is 2.65. The van der Waals surface area contributed by atoms with Crippen LogP contribution >= 0.6 is 21.6 Å². The zero-order chi connectivity index (χ0) is 13.4. The molecule has 1 aromatic rings. The van der Waals surface area contributed by atoms with Crippen LogP contribution in [0.4, 0.5) is 0 Å². The smallest absolute Gasteiger partial charge is 0.257 e. The first-order chi connectivity index (χ1) is 8.69. The zero-order valence-corrected chi connectivity index (χ0v) is 11.4. The fourth-order valence-electron chi connectivity index (χ4n) is 1.16. The summed E-state index contributed by atoms with van der Waals surface area (Å²) in [4.78, 5) is 27.2. The molecule has 6 nitrogen and oxygen atoms in total. The topological polar surface area (TPSA) is 97.1 Å². The van der Waals surface area contributed by atoms with Crippen LogP contribution in [0.2, 0.25) is 0 Å². The predicted molar refractivity (Wildman–Crippen MR) is 73.8 cm³/mol. The van der Waals surface area contributed by atoms with E-state index in [1.54, 1.807) is 18.3 Å². The van der Waals surface area contributed by atoms with Gasteiger partial charge >= 0.3 is 0 Å². The number of carbonyl (C=O) groups excluding carboxylic acids is 2. The molecule has 0 aromatic carbocycles. The van der Waals surface area contributed by atoms with Gasteiger partial charge in [0, 0.05) is 18.1 Å². The molecule has 98 valence electrons. The van der Waals surface area contributed by atoms with Crippen LogP contribution in [-0.4, -0.2) is 34.8 Å². The van der Waals surface area contributed by atoms with Crippen molar-refractivity contribution in [3.63, 3.8) is 0 Å². The third-order valence-corrected chi connectivity index (χ3v) is 3.86. The van der Waals surface area contributed by atoms with Crippen LogP contribution in [0.15, 0.2) is 24.5 Å². The second-order valence-electron chi connectivity index (χ2n) is 3.23. The maximum absolute atomic E-state index is 11.9. The number of aromatic nitrogens is 1. The van der Waals surface area contributed by atoms with Gasteiger partial charge in [0.2, 0.25) is 0 Å². The van der Waals surface area contributed by atoms with E-state index in [4.69, 9.17) is 5.84 Å². The molecule has 0 saturated carbocycles. The summed E-state index contributed by atoms with van der Waals surface area (Å²) in [6.07, 6.45) is 4.91. The first kappa shape index (κ1) is 14.8. The molecular weight excluding hydrogens is 272 g/mol. The van der Waals surface area contributed by atoms with Crippen LogP contribution in [0.25, 0.3) is 0 Å². The molecule has 0 fully saturated rings. The molecule has 4 N–H and O–H groups in total. The van der Waals surface area contributed by atoms with Crippen LogP contribution in [0.1, 0.15) is 10.4 Å². The van der Waals surface area contributed by atoms with Crippen LogP contribution in [-0.2, 0) is 4.79 Å². The minimum atomic E-state index is -0.667. The van der Waals surface area contributed by atoms with E-state index in [9.17, 15) is 9.59 Å². The summed E-state index contributed by atoms with van der Waals surface area (Å²) < 4.78 is 0. The fourth-order valence-corrected chi connectivity index (χ4v) is 2.48. The first-order valence-electron chi connectivity index (χ1n) is 5.06. The van der Waals surface area contributed by atoms with Gasteiger partial charge in [0.25, 0.3) is 11.8 Å². The van der Waals surface area contributed by atoms with Crippen molar-refractivity contribution in [2.75, 3.05) is 12.0 Å². The van der Waals surface area contributed by atoms with Crippen molar-refractivity contribution >= 4 is 33.4 Å². The summed E-state index contributed by atoms with van der Waals surface area (Å²) in [7, 11) is 2.98. The number of pyridine rings is 1. The van der Waals surface area contributed by atoms with E-state index >= 15 is 0 Å². The van der Waals surface area contributed by atoms with Crippen LogP contribution < -0.4 is 16.6 Å². The van der Waals surface area contributed by atoms with Gasteiger partial charge in [-0.2, -0.15) is 0 Å². The first-order valence-corrected chi connectivity index (χ1v) is 7.78. The number of amides is 2. The van der Waals surface area contributed by atoms with Gasteiger partial charge in [0.15, 0.2) is 0 Å². The highest BCUT2D eigenvalue weighted by Gasteiger charge is 2.20. The van der Waals surface area contributed by atoms with Gasteiger partial charge in [0.05, 0.1) is 5.56 Å². The normalized spacial score (nSPS) is 11.7. The standard InChI is InChI=1S/C10H14N4O2S2/c1-17-18-6-8(10(16)14-11)13-9(15)7-3-2-4-12-5-7/h2-5,8H,6,11H2,1H3,(H,13,15)(H,14,16). The van der Waals surface area contributed by atoms with Gasteiger partial charge in [-0.25, -0.2) is 5.84 Å². The fraction of sp³-hybridized carbons (Fsp3) is 0.300. The van der Waals surface area contributed by atoms with E-state index in [2.05, 4.69) is 10.3 Å². The number of nitrogens with one attached hydrogen (secondary N) is 2. The second kappa shape index (κ2) is 7.96. The van der Waals surface area contributed by atoms with Gasteiger partial charge < -0.3 is 5.32 Å². The summed E-state index contributed by atoms with van der Waals surface area (Å²) >= 11 is 0. The van der Waals surface area contributed by atoms with Gasteiger partial charge in [-0.15, -0.1) is 0 Å². The van der Waals surface area contributed by atoms with Crippen molar-refractivity contribution in [3.05, 3.63) is 30.1 Å². The molecule has 1 heterocycles. The SMILES string of the molecule is CSSCC(NC(=O)c1cccnc1)C(=O)NN. The lowest BCUT2D eigenvalue weighted by molar-refractivity contribution is -0.122. The van der Waals surface area contributed by atoms with E-state index in [0.29, 0.717) is 11.3 Å². The quantitative estimate of drug-likeness (QED) is 0.299. The van der Waals surface area contributed by atoms with Gasteiger partial charge in [0.1, 0.15) is 6.04 Å². The maximum Gasteiger partial charge on any atom is 0.257 e. The van der Waals surface area contributed by atoms with E-state index in [-0.39, 0.29) is 5.91 Å². The van der Waals surface area contributed by atoms with Crippen molar-refractivity contribution < 1.29 is 9.59 Å². The van der Waals surface area contributed by atoms with E-state index in [0.717, 1.165) is 0 Å². The van der Waals surface area contributed by atoms with Crippen molar-refractivity contribution in [1.29, 1.82) is 0 Å². The Kier molecular flexibility index (Phi) is 6.55. The Morgan fingerprint density at radius 1 is 1.56 bits per heavy atom. The molecular formula is C10H14N4O2S2. The molecule has 1 atom stereocenters. The third-order valence-electron chi connectivity index (χ3n) is 2.04. The number of hydrogen-bond acceptors (Lipinski definition) is 6. The molecule has 0 spiro atoms. The number of hydrogen-bond donors (Lipinski definition) is 3. The average molecular weight is 286 g/mol. The molecule has 1 aromatic heterocycles. The number of hydrazine groups is 1. The molecule has 0 aliphatic heterocycles. The molecule has 18 heavy (non-hydrogen) atoms. The molecule has 0 aliphatic rings. The molecule has 0 bridgehead atoms. The average Bonchev–Trinajstić information content (AvgIpc) is 2.43. The lowest BCUT2D eigenvalue weighted by Crippen LogP contribution is -2.50. The lowest BCUT2D eigenvalue weighted by Gasteiger charge is -2.15. The Bertz CT molecular complexity index is 402. The van der Waals surface area contributed by atoms with E-state index < -0.39 is 11.9 Å². The molecule has 8 heteroatoms. The van der Waals surface area contributed by atoms with Crippen LogP contribution in [0.5, 0.6) is 0 Å². The highest BCUT2D eigenvalue weighted by atomic mass is 33.1. The van der Waals surface area contributed by atoms with Crippen LogP contribution in [0.3, 0.4) is 0 Å². The van der Waals surface area contributed by atoms with E-state index in [1.165, 1.54) is 27.8 Å². The Morgan fingerprint density at radius 3 is 2.89 bits per heavy atom. The summed E-state index contributed by atoms with van der Waals surface area (Å²) in [5.41, 5.74) is 2.44. The Morgan fingerprint density at radius 2 is 2.33 bits per heavy atom. The monoisotopic (exact) mass is 286 g/mol. The largest absolute Gasteiger partial charge is 0.339 e. The highest BCUT2D eigenvalue weighted by Crippen LogP contribution is 2.17. The summed E-state index contributed by atoms with van der Waals surface area (Å²) in [6, 6.07) is 2.62. The molecule has 0 saturated heterocycles. The number of rotatable bonds is 6. The molecule has 0 aliphatic carbocycles. The predicted octanol–water partition coefficient (Wildman–Crippen LogP) is 0.181. The highest BCUT2D eigenvalue weighted by molar-refractivity contribution is 8.76. The zero-order valence-electron chi connectivity index (χ0n) is 9.75. The summed E-state index contributed by atoms with van der Waals surface area (Å²) in [5.74, 6) is 4.75. The van der Waals surface area contributed by atoms with Crippen molar-refractivity contribution in [1.82, 2.24) is 15.7 Å². The van der Waals surface area contributed by atoms with Crippen molar-refractivity contribution in [3.8, 4) is 0 Å². The van der Waals surface area contributed by atoms with Crippen molar-refractivity contribution in [2.24, 2.45) is 5.84 Å². The Hall–Kier alpha value is -1.25. The van der Waals surface area contributed by atoms with Crippen molar-refractivity contribution in [2.45, 2.75) is 6.04 Å². The number of nitrogens with two attached hydrogens (primary N) is 1. The molecule has 1 unspecified atom stereocenters. The molecule has 0 radical (unpaired) electrons. The minimum Gasteiger partial charge on any atom is -0.339 e. The Labute approximate surface area is 113 Å². The van der Waals surface area contributed by atoms with E-state index in [1.807, 2.05) is 11.7 Å². The van der Waals surface area contributed by atoms with Crippen LogP contribution in [0, 0.1) is 0 Å². The van der Waals surface area contributed by atoms with Gasteiger partial charge in [-0.05, 0) is 18.4 Å². The third kappa shape index (κ3) is 4.55. The maximum atomic E-state index is 11.9. The van der Waals surface area contributed by atoms with Gasteiger partial charge in [-0.1, -0.05) is 21.6 Å². The second-order valence-corrected chi connectivity index (χ2v) is 5.84. The molecule has 1 rings (SSSR count). The summed E-state index contributed by atoms with van der Waals surface area (Å²) in [5, 5.41) is 2.61. The minimum absolute atomic E-state index is 0.349. The van der Waals surface area contributed by atoms with Gasteiger partial charge in [-0.3, -0.25) is 20.0 Å². The lowest BCUT2D eigenvalue weighted by atomic mass is 10.2. The summed E-state index contributed by atoms with van der Waals surface area (Å²) in [6.45, 7) is 0.